The zero-order valence-electron chi connectivity index (χ0n) is 8.48. The summed E-state index contributed by atoms with van der Waals surface area (Å²) in [5, 5.41) is 13.9. The maximum atomic E-state index is 10.8. The molecule has 0 amide bonds. The molecule has 5 nitrogen and oxygen atoms in total. The number of nitrogens with zero attached hydrogens (tertiary/aromatic N) is 1. The van der Waals surface area contributed by atoms with E-state index in [-0.39, 0.29) is 11.8 Å². The van der Waals surface area contributed by atoms with Gasteiger partial charge in [-0.3, -0.25) is 10.1 Å². The van der Waals surface area contributed by atoms with Crippen molar-refractivity contribution in [2.75, 3.05) is 18.5 Å². The largest absolute Gasteiger partial charge is 0.377 e. The van der Waals surface area contributed by atoms with Gasteiger partial charge < -0.3 is 10.1 Å². The molecule has 0 bridgehead atoms. The Bertz CT molecular complexity index is 407. The summed E-state index contributed by atoms with van der Waals surface area (Å²) in [5.74, 6) is 0. The summed E-state index contributed by atoms with van der Waals surface area (Å²) in [5.41, 5.74) is 0.609. The number of halogens is 1. The fraction of sp³-hybridized carbons (Fsp3) is 0.400. The minimum atomic E-state index is -0.394. The second kappa shape index (κ2) is 4.80. The minimum Gasteiger partial charge on any atom is -0.377 e. The average molecular weight is 287 g/mol. The molecule has 0 saturated carbocycles. The molecule has 2 rings (SSSR count). The van der Waals surface area contributed by atoms with Crippen LogP contribution in [0.15, 0.2) is 22.7 Å². The summed E-state index contributed by atoms with van der Waals surface area (Å²) in [6.07, 6.45) is 1.19. The standard InChI is InChI=1S/C10H11BrN2O3/c11-7-1-2-9(10(5-7)13(14)15)12-6-8-3-4-16-8/h1-2,5,8,12H,3-4,6H2. The van der Waals surface area contributed by atoms with E-state index in [9.17, 15) is 10.1 Å². The molecule has 6 heteroatoms. The van der Waals surface area contributed by atoms with E-state index in [2.05, 4.69) is 21.2 Å². The van der Waals surface area contributed by atoms with Crippen LogP contribution < -0.4 is 5.32 Å². The quantitative estimate of drug-likeness (QED) is 0.682. The van der Waals surface area contributed by atoms with Gasteiger partial charge in [0.2, 0.25) is 0 Å². The molecule has 1 atom stereocenters. The van der Waals surface area contributed by atoms with Crippen LogP contribution in [0.5, 0.6) is 0 Å². The van der Waals surface area contributed by atoms with E-state index >= 15 is 0 Å². The lowest BCUT2D eigenvalue weighted by molar-refractivity contribution is -0.384. The van der Waals surface area contributed by atoms with Crippen LogP contribution in [0.2, 0.25) is 0 Å². The molecule has 1 fully saturated rings. The Hall–Kier alpha value is -1.14. The highest BCUT2D eigenvalue weighted by Crippen LogP contribution is 2.28. The zero-order chi connectivity index (χ0) is 11.5. The Morgan fingerprint density at radius 1 is 1.62 bits per heavy atom. The molecular formula is C10H11BrN2O3. The first-order chi connectivity index (χ1) is 7.66. The summed E-state index contributed by atoms with van der Waals surface area (Å²) in [6, 6.07) is 4.96. The first-order valence-electron chi connectivity index (χ1n) is 4.96. The first kappa shape index (κ1) is 11.3. The molecule has 1 N–H and O–H groups in total. The zero-order valence-corrected chi connectivity index (χ0v) is 10.1. The molecule has 1 aliphatic rings. The Labute approximate surface area is 101 Å². The third kappa shape index (κ3) is 2.51. The van der Waals surface area contributed by atoms with Crippen LogP contribution in [-0.4, -0.2) is 24.2 Å². The van der Waals surface area contributed by atoms with Gasteiger partial charge in [0.15, 0.2) is 0 Å². The molecule has 1 aromatic carbocycles. The third-order valence-electron chi connectivity index (χ3n) is 2.47. The SMILES string of the molecule is O=[N+]([O-])c1cc(Br)ccc1NCC1CCO1. The van der Waals surface area contributed by atoms with Crippen LogP contribution >= 0.6 is 15.9 Å². The van der Waals surface area contributed by atoms with Crippen molar-refractivity contribution in [2.24, 2.45) is 0 Å². The van der Waals surface area contributed by atoms with Gasteiger partial charge in [-0.05, 0) is 18.6 Å². The predicted molar refractivity (Wildman–Crippen MR) is 63.6 cm³/mol. The number of hydrogen-bond acceptors (Lipinski definition) is 4. The van der Waals surface area contributed by atoms with E-state index in [1.807, 2.05) is 0 Å². The van der Waals surface area contributed by atoms with Crippen LogP contribution in [0.4, 0.5) is 11.4 Å². The van der Waals surface area contributed by atoms with Crippen molar-refractivity contribution in [1.29, 1.82) is 0 Å². The third-order valence-corrected chi connectivity index (χ3v) is 2.96. The van der Waals surface area contributed by atoms with Crippen molar-refractivity contribution < 1.29 is 9.66 Å². The van der Waals surface area contributed by atoms with Crippen LogP contribution in [0.3, 0.4) is 0 Å². The molecule has 1 aromatic rings. The lowest BCUT2D eigenvalue weighted by atomic mass is 10.2. The van der Waals surface area contributed by atoms with E-state index in [0.717, 1.165) is 13.0 Å². The van der Waals surface area contributed by atoms with Crippen LogP contribution in [0, 0.1) is 10.1 Å². The number of nitro groups is 1. The lowest BCUT2D eigenvalue weighted by Crippen LogP contribution is -2.33. The van der Waals surface area contributed by atoms with E-state index < -0.39 is 4.92 Å². The van der Waals surface area contributed by atoms with Gasteiger partial charge in [-0.2, -0.15) is 0 Å². The topological polar surface area (TPSA) is 64.4 Å². The van der Waals surface area contributed by atoms with Gasteiger partial charge in [0.05, 0.1) is 11.0 Å². The van der Waals surface area contributed by atoms with Crippen molar-refractivity contribution in [1.82, 2.24) is 0 Å². The van der Waals surface area contributed by atoms with Crippen molar-refractivity contribution in [2.45, 2.75) is 12.5 Å². The van der Waals surface area contributed by atoms with Crippen LogP contribution in [-0.2, 0) is 4.74 Å². The maximum Gasteiger partial charge on any atom is 0.293 e. The number of anilines is 1. The fourth-order valence-electron chi connectivity index (χ4n) is 1.47. The summed E-state index contributed by atoms with van der Waals surface area (Å²) in [6.45, 7) is 1.40. The van der Waals surface area contributed by atoms with E-state index in [4.69, 9.17) is 4.74 Å². The lowest BCUT2D eigenvalue weighted by Gasteiger charge is -2.26. The molecular weight excluding hydrogens is 276 g/mol. The van der Waals surface area contributed by atoms with Gasteiger partial charge in [-0.15, -0.1) is 0 Å². The van der Waals surface area contributed by atoms with Gasteiger partial charge in [-0.1, -0.05) is 15.9 Å². The minimum absolute atomic E-state index is 0.0775. The normalized spacial score (nSPS) is 18.9. The number of benzene rings is 1. The summed E-state index contributed by atoms with van der Waals surface area (Å²) >= 11 is 3.21. The van der Waals surface area contributed by atoms with Gasteiger partial charge >= 0.3 is 0 Å². The van der Waals surface area contributed by atoms with E-state index in [1.54, 1.807) is 12.1 Å². The Morgan fingerprint density at radius 2 is 2.38 bits per heavy atom. The van der Waals surface area contributed by atoms with Crippen molar-refractivity contribution in [3.8, 4) is 0 Å². The van der Waals surface area contributed by atoms with Crippen LogP contribution in [0.25, 0.3) is 0 Å². The van der Waals surface area contributed by atoms with Crippen molar-refractivity contribution in [3.63, 3.8) is 0 Å². The van der Waals surface area contributed by atoms with Crippen molar-refractivity contribution in [3.05, 3.63) is 32.8 Å². The summed E-state index contributed by atoms with van der Waals surface area (Å²) in [7, 11) is 0. The first-order valence-corrected chi connectivity index (χ1v) is 5.75. The maximum absolute atomic E-state index is 10.8. The fourth-order valence-corrected chi connectivity index (χ4v) is 1.82. The molecule has 16 heavy (non-hydrogen) atoms. The molecule has 0 spiro atoms. The van der Waals surface area contributed by atoms with Crippen LogP contribution in [0.1, 0.15) is 6.42 Å². The highest BCUT2D eigenvalue weighted by molar-refractivity contribution is 9.10. The highest BCUT2D eigenvalue weighted by Gasteiger charge is 2.20. The Kier molecular flexibility index (Phi) is 3.40. The Balaban J connectivity index is 2.08. The predicted octanol–water partition coefficient (Wildman–Crippen LogP) is 2.56. The number of nitrogens with one attached hydrogen (secondary N) is 1. The molecule has 0 radical (unpaired) electrons. The number of ether oxygens (including phenoxy) is 1. The van der Waals surface area contributed by atoms with Gasteiger partial charge in [0.25, 0.3) is 5.69 Å². The molecule has 1 unspecified atom stereocenters. The second-order valence-electron chi connectivity index (χ2n) is 3.58. The smallest absolute Gasteiger partial charge is 0.293 e. The Morgan fingerprint density at radius 3 is 2.94 bits per heavy atom. The molecule has 1 heterocycles. The van der Waals surface area contributed by atoms with Gasteiger partial charge in [-0.25, -0.2) is 0 Å². The molecule has 1 aliphatic heterocycles. The van der Waals surface area contributed by atoms with E-state index in [1.165, 1.54) is 6.07 Å². The molecule has 0 aliphatic carbocycles. The van der Waals surface area contributed by atoms with Gasteiger partial charge in [0.1, 0.15) is 5.69 Å². The molecule has 1 saturated heterocycles. The average Bonchev–Trinajstić information content (AvgIpc) is 2.17. The summed E-state index contributed by atoms with van der Waals surface area (Å²) < 4.78 is 5.93. The highest BCUT2D eigenvalue weighted by atomic mass is 79.9. The number of hydrogen-bond donors (Lipinski definition) is 1. The van der Waals surface area contributed by atoms with Gasteiger partial charge in [0, 0.05) is 23.7 Å². The summed E-state index contributed by atoms with van der Waals surface area (Å²) in [4.78, 5) is 10.4. The monoisotopic (exact) mass is 286 g/mol. The van der Waals surface area contributed by atoms with Crippen molar-refractivity contribution >= 4 is 27.3 Å². The number of rotatable bonds is 4. The molecule has 86 valence electrons. The van der Waals surface area contributed by atoms with E-state index in [0.29, 0.717) is 16.7 Å². The number of nitro benzene ring substituents is 1. The second-order valence-corrected chi connectivity index (χ2v) is 4.50. The molecule has 0 aromatic heterocycles.